The molecule has 0 amide bonds. The maximum absolute atomic E-state index is 10.6. The van der Waals surface area contributed by atoms with Crippen LogP contribution in [0.5, 0.6) is 11.5 Å². The van der Waals surface area contributed by atoms with E-state index in [0.29, 0.717) is 24.6 Å². The molecule has 1 aromatic carbocycles. The van der Waals surface area contributed by atoms with Gasteiger partial charge in [-0.3, -0.25) is 10.1 Å². The summed E-state index contributed by atoms with van der Waals surface area (Å²) in [5, 5.41) is 14.0. The molecule has 0 saturated carbocycles. The maximum atomic E-state index is 10.6. The SMILES string of the molecule is COc1ccc(CNCc2ccc([N+](=O)[O-])s2)cc1OC. The Balaban J connectivity index is 1.92. The van der Waals surface area contributed by atoms with E-state index in [1.54, 1.807) is 20.3 Å². The lowest BCUT2D eigenvalue weighted by Gasteiger charge is -2.10. The first-order valence-corrected chi connectivity index (χ1v) is 7.10. The second-order valence-electron chi connectivity index (χ2n) is 4.29. The van der Waals surface area contributed by atoms with Crippen molar-refractivity contribution >= 4 is 16.3 Å². The summed E-state index contributed by atoms with van der Waals surface area (Å²) in [6.45, 7) is 1.24. The molecule has 0 aliphatic carbocycles. The number of nitrogens with one attached hydrogen (secondary N) is 1. The van der Waals surface area contributed by atoms with Gasteiger partial charge in [0.15, 0.2) is 11.5 Å². The predicted molar refractivity (Wildman–Crippen MR) is 81.1 cm³/mol. The number of ether oxygens (including phenoxy) is 2. The summed E-state index contributed by atoms with van der Waals surface area (Å²) < 4.78 is 10.4. The lowest BCUT2D eigenvalue weighted by Crippen LogP contribution is -2.11. The van der Waals surface area contributed by atoms with Gasteiger partial charge in [-0.25, -0.2) is 0 Å². The van der Waals surface area contributed by atoms with Crippen molar-refractivity contribution in [2.45, 2.75) is 13.1 Å². The third-order valence-electron chi connectivity index (χ3n) is 2.90. The second kappa shape index (κ2) is 7.05. The van der Waals surface area contributed by atoms with Crippen LogP contribution in [-0.4, -0.2) is 19.1 Å². The normalized spacial score (nSPS) is 10.4. The molecule has 0 fully saturated rings. The molecule has 6 nitrogen and oxygen atoms in total. The molecule has 0 saturated heterocycles. The lowest BCUT2D eigenvalue weighted by molar-refractivity contribution is -0.380. The van der Waals surface area contributed by atoms with E-state index in [0.717, 1.165) is 10.4 Å². The largest absolute Gasteiger partial charge is 0.493 e. The fraction of sp³-hybridized carbons (Fsp3) is 0.286. The van der Waals surface area contributed by atoms with Crippen molar-refractivity contribution < 1.29 is 14.4 Å². The Hall–Kier alpha value is -2.12. The Morgan fingerprint density at radius 2 is 1.90 bits per heavy atom. The van der Waals surface area contributed by atoms with Crippen LogP contribution < -0.4 is 14.8 Å². The topological polar surface area (TPSA) is 73.6 Å². The van der Waals surface area contributed by atoms with E-state index >= 15 is 0 Å². The number of methoxy groups -OCH3 is 2. The highest BCUT2D eigenvalue weighted by Gasteiger charge is 2.09. The van der Waals surface area contributed by atoms with Gasteiger partial charge in [0.05, 0.1) is 19.1 Å². The van der Waals surface area contributed by atoms with Crippen LogP contribution in [-0.2, 0) is 13.1 Å². The van der Waals surface area contributed by atoms with Crippen LogP contribution in [0.15, 0.2) is 30.3 Å². The first kappa shape index (κ1) is 15.3. The molecule has 7 heteroatoms. The van der Waals surface area contributed by atoms with E-state index in [4.69, 9.17) is 9.47 Å². The molecule has 0 atom stereocenters. The predicted octanol–water partition coefficient (Wildman–Crippen LogP) is 2.96. The molecule has 0 unspecified atom stereocenters. The second-order valence-corrected chi connectivity index (χ2v) is 5.44. The van der Waals surface area contributed by atoms with Crippen molar-refractivity contribution in [3.63, 3.8) is 0 Å². The first-order valence-electron chi connectivity index (χ1n) is 6.28. The van der Waals surface area contributed by atoms with Gasteiger partial charge < -0.3 is 14.8 Å². The van der Waals surface area contributed by atoms with Crippen LogP contribution in [0.25, 0.3) is 0 Å². The minimum Gasteiger partial charge on any atom is -0.493 e. The average Bonchev–Trinajstić information content (AvgIpc) is 2.96. The van der Waals surface area contributed by atoms with Gasteiger partial charge in [-0.15, -0.1) is 0 Å². The smallest absolute Gasteiger partial charge is 0.324 e. The fourth-order valence-electron chi connectivity index (χ4n) is 1.88. The van der Waals surface area contributed by atoms with Crippen molar-refractivity contribution in [2.75, 3.05) is 14.2 Å². The van der Waals surface area contributed by atoms with Gasteiger partial charge in [-0.2, -0.15) is 0 Å². The highest BCUT2D eigenvalue weighted by atomic mass is 32.1. The molecule has 2 rings (SSSR count). The number of nitrogens with zero attached hydrogens (tertiary/aromatic N) is 1. The van der Waals surface area contributed by atoms with Crippen molar-refractivity contribution in [1.82, 2.24) is 5.32 Å². The lowest BCUT2D eigenvalue weighted by atomic mass is 10.2. The van der Waals surface area contributed by atoms with Gasteiger partial charge in [0.1, 0.15) is 0 Å². The summed E-state index contributed by atoms with van der Waals surface area (Å²) in [4.78, 5) is 11.2. The van der Waals surface area contributed by atoms with Gasteiger partial charge in [0.25, 0.3) is 0 Å². The van der Waals surface area contributed by atoms with Crippen LogP contribution in [0.2, 0.25) is 0 Å². The Morgan fingerprint density at radius 3 is 2.52 bits per heavy atom. The molecule has 21 heavy (non-hydrogen) atoms. The third kappa shape index (κ3) is 3.93. The van der Waals surface area contributed by atoms with E-state index < -0.39 is 0 Å². The minimum atomic E-state index is -0.373. The number of benzene rings is 1. The van der Waals surface area contributed by atoms with Crippen LogP contribution in [0, 0.1) is 10.1 Å². The van der Waals surface area contributed by atoms with Crippen molar-refractivity contribution in [3.05, 3.63) is 50.9 Å². The zero-order valence-electron chi connectivity index (χ0n) is 11.8. The standard InChI is InChI=1S/C14H16N2O4S/c1-19-12-5-3-10(7-13(12)20-2)8-15-9-11-4-6-14(21-11)16(17)18/h3-7,15H,8-9H2,1-2H3. The Labute approximate surface area is 126 Å². The highest BCUT2D eigenvalue weighted by Crippen LogP contribution is 2.27. The molecule has 0 aliphatic rings. The van der Waals surface area contributed by atoms with E-state index in [2.05, 4.69) is 5.32 Å². The monoisotopic (exact) mass is 308 g/mol. The average molecular weight is 308 g/mol. The van der Waals surface area contributed by atoms with Crippen LogP contribution in [0.3, 0.4) is 0 Å². The zero-order chi connectivity index (χ0) is 15.2. The number of hydrogen-bond acceptors (Lipinski definition) is 6. The molecule has 1 N–H and O–H groups in total. The van der Waals surface area contributed by atoms with E-state index in [-0.39, 0.29) is 9.92 Å². The van der Waals surface area contributed by atoms with Crippen LogP contribution in [0.4, 0.5) is 5.00 Å². The minimum absolute atomic E-state index is 0.165. The first-order chi connectivity index (χ1) is 10.1. The summed E-state index contributed by atoms with van der Waals surface area (Å²) in [5.41, 5.74) is 1.05. The Bertz CT molecular complexity index is 627. The molecule has 112 valence electrons. The van der Waals surface area contributed by atoms with Crippen LogP contribution in [0.1, 0.15) is 10.4 Å². The Morgan fingerprint density at radius 1 is 1.14 bits per heavy atom. The van der Waals surface area contributed by atoms with Crippen LogP contribution >= 0.6 is 11.3 Å². The van der Waals surface area contributed by atoms with Gasteiger partial charge in [-0.05, 0) is 23.8 Å². The molecule has 0 aliphatic heterocycles. The molecule has 1 aromatic heterocycles. The number of nitro groups is 1. The fourth-order valence-corrected chi connectivity index (χ4v) is 2.67. The van der Waals surface area contributed by atoms with Crippen molar-refractivity contribution in [2.24, 2.45) is 0 Å². The van der Waals surface area contributed by atoms with E-state index in [9.17, 15) is 10.1 Å². The van der Waals surface area contributed by atoms with Gasteiger partial charge in [0.2, 0.25) is 0 Å². The molecule has 0 spiro atoms. The highest BCUT2D eigenvalue weighted by molar-refractivity contribution is 7.15. The molecule has 0 radical (unpaired) electrons. The van der Waals surface area contributed by atoms with Crippen molar-refractivity contribution in [1.29, 1.82) is 0 Å². The molecular formula is C14H16N2O4S. The maximum Gasteiger partial charge on any atom is 0.324 e. The van der Waals surface area contributed by atoms with Gasteiger partial charge >= 0.3 is 5.00 Å². The zero-order valence-corrected chi connectivity index (χ0v) is 12.6. The quantitative estimate of drug-likeness (QED) is 0.629. The van der Waals surface area contributed by atoms with Gasteiger partial charge in [0, 0.05) is 24.0 Å². The van der Waals surface area contributed by atoms with E-state index in [1.807, 2.05) is 18.2 Å². The van der Waals surface area contributed by atoms with E-state index in [1.165, 1.54) is 17.4 Å². The molecule has 1 heterocycles. The summed E-state index contributed by atoms with van der Waals surface area (Å²) >= 11 is 1.18. The molecule has 0 bridgehead atoms. The van der Waals surface area contributed by atoms with Crippen molar-refractivity contribution in [3.8, 4) is 11.5 Å². The molecular weight excluding hydrogens is 292 g/mol. The Kier molecular flexibility index (Phi) is 5.13. The van der Waals surface area contributed by atoms with Gasteiger partial charge in [-0.1, -0.05) is 17.4 Å². The summed E-state index contributed by atoms with van der Waals surface area (Å²) in [6.07, 6.45) is 0. The number of rotatable bonds is 7. The summed E-state index contributed by atoms with van der Waals surface area (Å²) in [7, 11) is 3.19. The molecule has 2 aromatic rings. The number of hydrogen-bond donors (Lipinski definition) is 1. The number of thiophene rings is 1. The summed E-state index contributed by atoms with van der Waals surface area (Å²) in [6, 6.07) is 9.00. The summed E-state index contributed by atoms with van der Waals surface area (Å²) in [5.74, 6) is 1.37. The third-order valence-corrected chi connectivity index (χ3v) is 3.94.